The number of rotatable bonds is 4. The van der Waals surface area contributed by atoms with Crippen molar-refractivity contribution in [1.82, 2.24) is 0 Å². The predicted octanol–water partition coefficient (Wildman–Crippen LogP) is 2.54. The summed E-state index contributed by atoms with van der Waals surface area (Å²) in [6, 6.07) is 7.66. The van der Waals surface area contributed by atoms with E-state index in [-0.39, 0.29) is 0 Å². The zero-order valence-corrected chi connectivity index (χ0v) is 11.8. The van der Waals surface area contributed by atoms with E-state index in [2.05, 4.69) is 6.92 Å². The molecule has 1 unspecified atom stereocenters. The lowest BCUT2D eigenvalue weighted by molar-refractivity contribution is -0.102. The van der Waals surface area contributed by atoms with E-state index in [1.165, 1.54) is 0 Å². The van der Waals surface area contributed by atoms with Gasteiger partial charge in [0, 0.05) is 6.42 Å². The normalized spacial score (nSPS) is 28.9. The largest absolute Gasteiger partial charge is 0.496 e. The maximum absolute atomic E-state index is 10.6. The predicted molar refractivity (Wildman–Crippen MR) is 75.3 cm³/mol. The Kier molecular flexibility index (Phi) is 4.48. The van der Waals surface area contributed by atoms with E-state index >= 15 is 0 Å². The van der Waals surface area contributed by atoms with Crippen molar-refractivity contribution in [3.8, 4) is 5.75 Å². The van der Waals surface area contributed by atoms with Crippen molar-refractivity contribution in [2.45, 2.75) is 50.7 Å². The maximum atomic E-state index is 10.6. The van der Waals surface area contributed by atoms with Gasteiger partial charge in [-0.2, -0.15) is 0 Å². The third-order valence-electron chi connectivity index (χ3n) is 4.37. The van der Waals surface area contributed by atoms with E-state index in [9.17, 15) is 10.2 Å². The molecule has 0 bridgehead atoms. The summed E-state index contributed by atoms with van der Waals surface area (Å²) in [5.41, 5.74) is 0.0115. The molecule has 3 nitrogen and oxygen atoms in total. The first-order valence-electron chi connectivity index (χ1n) is 7.07. The summed E-state index contributed by atoms with van der Waals surface area (Å²) in [5.74, 6) is 1.42. The average Bonchev–Trinajstić information content (AvgIpc) is 2.43. The number of hydrogen-bond donors (Lipinski definition) is 2. The lowest BCUT2D eigenvalue weighted by atomic mass is 9.75. The van der Waals surface area contributed by atoms with E-state index in [1.54, 1.807) is 7.11 Å². The Hall–Kier alpha value is -1.06. The topological polar surface area (TPSA) is 49.7 Å². The summed E-state index contributed by atoms with van der Waals surface area (Å²) in [6.45, 7) is 2.20. The van der Waals surface area contributed by atoms with Crippen LogP contribution >= 0.6 is 0 Å². The highest BCUT2D eigenvalue weighted by atomic mass is 16.5. The Morgan fingerprint density at radius 1 is 1.32 bits per heavy atom. The second kappa shape index (κ2) is 5.93. The van der Waals surface area contributed by atoms with Crippen LogP contribution in [0.1, 0.15) is 38.2 Å². The highest BCUT2D eigenvalue weighted by Gasteiger charge is 2.38. The second-order valence-electron chi connectivity index (χ2n) is 5.82. The van der Waals surface area contributed by atoms with E-state index in [4.69, 9.17) is 4.74 Å². The van der Waals surface area contributed by atoms with Gasteiger partial charge >= 0.3 is 0 Å². The Morgan fingerprint density at radius 3 is 2.58 bits per heavy atom. The second-order valence-corrected chi connectivity index (χ2v) is 5.82. The van der Waals surface area contributed by atoms with Crippen molar-refractivity contribution < 1.29 is 14.9 Å². The highest BCUT2D eigenvalue weighted by Crippen LogP contribution is 2.35. The minimum Gasteiger partial charge on any atom is -0.496 e. The fraction of sp³-hybridized carbons (Fsp3) is 0.625. The molecule has 1 aliphatic rings. The average molecular weight is 264 g/mol. The standard InChI is InChI=1S/C16H24O3/c1-12-7-9-16(18,10-8-12)15(17)11-13-5-3-4-6-14(13)19-2/h3-6,12,15,17-18H,7-11H2,1-2H3. The molecular formula is C16H24O3. The maximum Gasteiger partial charge on any atom is 0.122 e. The molecule has 0 saturated heterocycles. The summed E-state index contributed by atoms with van der Waals surface area (Å²) in [4.78, 5) is 0. The van der Waals surface area contributed by atoms with Gasteiger partial charge in [-0.15, -0.1) is 0 Å². The molecule has 1 aromatic rings. The van der Waals surface area contributed by atoms with Crippen LogP contribution in [-0.4, -0.2) is 29.0 Å². The summed E-state index contributed by atoms with van der Waals surface area (Å²) in [5, 5.41) is 21.0. The van der Waals surface area contributed by atoms with Crippen molar-refractivity contribution in [3.63, 3.8) is 0 Å². The van der Waals surface area contributed by atoms with Crippen LogP contribution in [0.3, 0.4) is 0 Å². The Labute approximate surface area is 115 Å². The van der Waals surface area contributed by atoms with Crippen molar-refractivity contribution >= 4 is 0 Å². The number of para-hydroxylation sites is 1. The van der Waals surface area contributed by atoms with Crippen LogP contribution in [0, 0.1) is 5.92 Å². The number of benzene rings is 1. The van der Waals surface area contributed by atoms with Gasteiger partial charge in [-0.3, -0.25) is 0 Å². The van der Waals surface area contributed by atoms with Gasteiger partial charge in [-0.05, 0) is 43.2 Å². The molecule has 1 fully saturated rings. The lowest BCUT2D eigenvalue weighted by Crippen LogP contribution is -2.46. The van der Waals surface area contributed by atoms with Crippen molar-refractivity contribution in [1.29, 1.82) is 0 Å². The van der Waals surface area contributed by atoms with Gasteiger partial charge in [0.1, 0.15) is 5.75 Å². The molecule has 1 saturated carbocycles. The molecule has 0 aromatic heterocycles. The Balaban J connectivity index is 2.06. The van der Waals surface area contributed by atoms with Crippen LogP contribution < -0.4 is 4.74 Å². The zero-order chi connectivity index (χ0) is 13.9. The van der Waals surface area contributed by atoms with Crippen LogP contribution in [0.25, 0.3) is 0 Å². The molecule has 0 spiro atoms. The molecule has 0 aliphatic heterocycles. The third kappa shape index (κ3) is 3.28. The molecule has 2 rings (SSSR count). The number of ether oxygens (including phenoxy) is 1. The molecule has 3 heteroatoms. The molecule has 0 heterocycles. The first-order valence-corrected chi connectivity index (χ1v) is 7.07. The van der Waals surface area contributed by atoms with Crippen LogP contribution in [0.15, 0.2) is 24.3 Å². The third-order valence-corrected chi connectivity index (χ3v) is 4.37. The summed E-state index contributed by atoms with van der Waals surface area (Å²) in [7, 11) is 1.63. The zero-order valence-electron chi connectivity index (χ0n) is 11.8. The van der Waals surface area contributed by atoms with Gasteiger partial charge < -0.3 is 14.9 Å². The first kappa shape index (κ1) is 14.4. The van der Waals surface area contributed by atoms with Crippen molar-refractivity contribution in [2.24, 2.45) is 5.92 Å². The van der Waals surface area contributed by atoms with Crippen LogP contribution in [-0.2, 0) is 6.42 Å². The summed E-state index contributed by atoms with van der Waals surface area (Å²) in [6.07, 6.45) is 3.05. The van der Waals surface area contributed by atoms with Crippen LogP contribution in [0.2, 0.25) is 0 Å². The SMILES string of the molecule is COc1ccccc1CC(O)C1(O)CCC(C)CC1. The fourth-order valence-corrected chi connectivity index (χ4v) is 2.87. The van der Waals surface area contributed by atoms with E-state index < -0.39 is 11.7 Å². The molecule has 19 heavy (non-hydrogen) atoms. The molecule has 2 N–H and O–H groups in total. The quantitative estimate of drug-likeness (QED) is 0.878. The minimum atomic E-state index is -0.937. The Bertz CT molecular complexity index is 408. The van der Waals surface area contributed by atoms with E-state index in [0.717, 1.165) is 24.2 Å². The van der Waals surface area contributed by atoms with Gasteiger partial charge in [0.15, 0.2) is 0 Å². The van der Waals surface area contributed by atoms with E-state index in [0.29, 0.717) is 25.2 Å². The van der Waals surface area contributed by atoms with Crippen LogP contribution in [0.5, 0.6) is 5.75 Å². The minimum absolute atomic E-state index is 0.439. The summed E-state index contributed by atoms with van der Waals surface area (Å²) >= 11 is 0. The van der Waals surface area contributed by atoms with Gasteiger partial charge in [0.05, 0.1) is 18.8 Å². The lowest BCUT2D eigenvalue weighted by Gasteiger charge is -2.38. The van der Waals surface area contributed by atoms with Crippen LogP contribution in [0.4, 0.5) is 0 Å². The van der Waals surface area contributed by atoms with Gasteiger partial charge in [-0.25, -0.2) is 0 Å². The smallest absolute Gasteiger partial charge is 0.122 e. The van der Waals surface area contributed by atoms with Gasteiger partial charge in [-0.1, -0.05) is 25.1 Å². The molecule has 1 aromatic carbocycles. The highest BCUT2D eigenvalue weighted by molar-refractivity contribution is 5.34. The number of aliphatic hydroxyl groups excluding tert-OH is 1. The Morgan fingerprint density at radius 2 is 1.95 bits per heavy atom. The molecule has 0 amide bonds. The van der Waals surface area contributed by atoms with Crippen molar-refractivity contribution in [3.05, 3.63) is 29.8 Å². The van der Waals surface area contributed by atoms with Gasteiger partial charge in [0.25, 0.3) is 0 Å². The number of hydrogen-bond acceptors (Lipinski definition) is 3. The fourth-order valence-electron chi connectivity index (χ4n) is 2.87. The van der Waals surface area contributed by atoms with Crippen molar-refractivity contribution in [2.75, 3.05) is 7.11 Å². The first-order chi connectivity index (χ1) is 9.05. The molecule has 0 radical (unpaired) electrons. The molecule has 1 aliphatic carbocycles. The molecule has 106 valence electrons. The number of methoxy groups -OCH3 is 1. The van der Waals surface area contributed by atoms with Gasteiger partial charge in [0.2, 0.25) is 0 Å². The number of aliphatic hydroxyl groups is 2. The monoisotopic (exact) mass is 264 g/mol. The molecule has 1 atom stereocenters. The van der Waals surface area contributed by atoms with E-state index in [1.807, 2.05) is 24.3 Å². The summed E-state index contributed by atoms with van der Waals surface area (Å²) < 4.78 is 5.29. The molecular weight excluding hydrogens is 240 g/mol.